The van der Waals surface area contributed by atoms with Crippen LogP contribution in [-0.2, 0) is 26.4 Å². The molecule has 5 aromatic rings. The van der Waals surface area contributed by atoms with Crippen LogP contribution in [0.15, 0.2) is 71.9 Å². The molecule has 1 aromatic carbocycles. The number of furan rings is 1. The molecule has 0 aliphatic heterocycles. The van der Waals surface area contributed by atoms with Gasteiger partial charge >= 0.3 is 0 Å². The summed E-state index contributed by atoms with van der Waals surface area (Å²) in [6.07, 6.45) is 10.8. The fourth-order valence-electron chi connectivity index (χ4n) is 3.50. The van der Waals surface area contributed by atoms with Gasteiger partial charge in [-0.2, -0.15) is 5.10 Å². The van der Waals surface area contributed by atoms with Crippen molar-refractivity contribution < 1.29 is 4.42 Å². The van der Waals surface area contributed by atoms with E-state index in [1.54, 1.807) is 18.7 Å². The lowest BCUT2D eigenvalue weighted by atomic mass is 10.1. The number of nitrogens with one attached hydrogen (secondary N) is 2. The standard InChI is InChI=1S/C23H22N6O/c1-29-14-19(13-26-29)18-5-2-16(3-6-18)12-25-20-8-10-24-23-22(20)27-21(28-23)7-4-17-9-11-30-15-17/h2-3,5-6,8-11,13-15H,4,7,12H2,1H3,(H2,24,25,27,28). The van der Waals surface area contributed by atoms with Crippen LogP contribution in [0.3, 0.4) is 0 Å². The van der Waals surface area contributed by atoms with Crippen LogP contribution in [0.2, 0.25) is 0 Å². The summed E-state index contributed by atoms with van der Waals surface area (Å²) in [6, 6.07) is 12.5. The predicted octanol–water partition coefficient (Wildman–Crippen LogP) is 4.35. The van der Waals surface area contributed by atoms with Crippen LogP contribution in [0.1, 0.15) is 17.0 Å². The first kappa shape index (κ1) is 18.2. The van der Waals surface area contributed by atoms with Gasteiger partial charge in [-0.3, -0.25) is 4.68 Å². The molecule has 4 heterocycles. The van der Waals surface area contributed by atoms with Crippen molar-refractivity contribution in [3.05, 3.63) is 84.5 Å². The highest BCUT2D eigenvalue weighted by Gasteiger charge is 2.09. The molecular formula is C23H22N6O. The zero-order valence-electron chi connectivity index (χ0n) is 16.7. The molecule has 0 saturated carbocycles. The molecule has 30 heavy (non-hydrogen) atoms. The molecule has 0 aliphatic carbocycles. The number of aromatic nitrogens is 5. The molecule has 0 spiro atoms. The van der Waals surface area contributed by atoms with Gasteiger partial charge in [0, 0.05) is 38.0 Å². The quantitative estimate of drug-likeness (QED) is 0.426. The number of fused-ring (bicyclic) bond motifs is 1. The van der Waals surface area contributed by atoms with E-state index in [1.165, 1.54) is 5.56 Å². The van der Waals surface area contributed by atoms with Gasteiger partial charge in [0.1, 0.15) is 11.3 Å². The van der Waals surface area contributed by atoms with E-state index in [-0.39, 0.29) is 0 Å². The SMILES string of the molecule is Cn1cc(-c2ccc(CNc3ccnc4[nH]c(CCc5ccoc5)nc34)cc2)cn1. The number of H-pyrrole nitrogens is 1. The van der Waals surface area contributed by atoms with Crippen molar-refractivity contribution in [2.45, 2.75) is 19.4 Å². The largest absolute Gasteiger partial charge is 0.472 e. The Labute approximate surface area is 173 Å². The summed E-state index contributed by atoms with van der Waals surface area (Å²) in [7, 11) is 1.93. The molecule has 4 aromatic heterocycles. The summed E-state index contributed by atoms with van der Waals surface area (Å²) in [4.78, 5) is 12.5. The number of pyridine rings is 1. The van der Waals surface area contributed by atoms with E-state index >= 15 is 0 Å². The van der Waals surface area contributed by atoms with Gasteiger partial charge in [-0.25, -0.2) is 9.97 Å². The number of anilines is 1. The highest BCUT2D eigenvalue weighted by molar-refractivity contribution is 5.85. The molecule has 0 bridgehead atoms. The number of aromatic amines is 1. The summed E-state index contributed by atoms with van der Waals surface area (Å²) in [5.41, 5.74) is 7.28. The smallest absolute Gasteiger partial charge is 0.159 e. The number of benzene rings is 1. The van der Waals surface area contributed by atoms with Gasteiger partial charge in [-0.05, 0) is 35.2 Å². The van der Waals surface area contributed by atoms with Crippen LogP contribution < -0.4 is 5.32 Å². The number of hydrogen-bond acceptors (Lipinski definition) is 5. The summed E-state index contributed by atoms with van der Waals surface area (Å²) < 4.78 is 6.94. The summed E-state index contributed by atoms with van der Waals surface area (Å²) in [5, 5.41) is 7.73. The minimum Gasteiger partial charge on any atom is -0.472 e. The second kappa shape index (κ2) is 7.87. The molecule has 7 nitrogen and oxygen atoms in total. The van der Waals surface area contributed by atoms with Gasteiger partial charge in [-0.15, -0.1) is 0 Å². The minimum atomic E-state index is 0.712. The molecule has 7 heteroatoms. The van der Waals surface area contributed by atoms with Crippen molar-refractivity contribution >= 4 is 16.9 Å². The van der Waals surface area contributed by atoms with Gasteiger partial charge in [0.05, 0.1) is 24.4 Å². The van der Waals surface area contributed by atoms with E-state index in [1.807, 2.05) is 36.3 Å². The minimum absolute atomic E-state index is 0.712. The van der Waals surface area contributed by atoms with Crippen LogP contribution in [0.4, 0.5) is 5.69 Å². The maximum Gasteiger partial charge on any atom is 0.159 e. The van der Waals surface area contributed by atoms with E-state index < -0.39 is 0 Å². The Morgan fingerprint density at radius 3 is 2.70 bits per heavy atom. The first-order valence-electron chi connectivity index (χ1n) is 9.91. The Hall–Kier alpha value is -3.87. The molecule has 2 N–H and O–H groups in total. The Morgan fingerprint density at radius 1 is 1.03 bits per heavy atom. The highest BCUT2D eigenvalue weighted by atomic mass is 16.3. The molecule has 0 atom stereocenters. The number of imidazole rings is 1. The maximum absolute atomic E-state index is 5.13. The molecular weight excluding hydrogens is 376 g/mol. The Morgan fingerprint density at radius 2 is 1.93 bits per heavy atom. The van der Waals surface area contributed by atoms with Crippen LogP contribution in [0.25, 0.3) is 22.3 Å². The lowest BCUT2D eigenvalue weighted by Crippen LogP contribution is -2.00. The van der Waals surface area contributed by atoms with Crippen LogP contribution >= 0.6 is 0 Å². The van der Waals surface area contributed by atoms with E-state index in [2.05, 4.69) is 44.6 Å². The monoisotopic (exact) mass is 398 g/mol. The van der Waals surface area contributed by atoms with Gasteiger partial charge in [-0.1, -0.05) is 24.3 Å². The first-order chi connectivity index (χ1) is 14.7. The van der Waals surface area contributed by atoms with Gasteiger partial charge < -0.3 is 14.7 Å². The summed E-state index contributed by atoms with van der Waals surface area (Å²) in [5.74, 6) is 0.925. The highest BCUT2D eigenvalue weighted by Crippen LogP contribution is 2.22. The van der Waals surface area contributed by atoms with Crippen LogP contribution in [0.5, 0.6) is 0 Å². The molecule has 0 aliphatic rings. The fourth-order valence-corrected chi connectivity index (χ4v) is 3.50. The van der Waals surface area contributed by atoms with Crippen molar-refractivity contribution in [2.24, 2.45) is 7.05 Å². The molecule has 0 radical (unpaired) electrons. The average Bonchev–Trinajstić information content (AvgIpc) is 3.51. The van der Waals surface area contributed by atoms with Crippen molar-refractivity contribution in [1.82, 2.24) is 24.7 Å². The fraction of sp³-hybridized carbons (Fsp3) is 0.174. The molecule has 0 amide bonds. The van der Waals surface area contributed by atoms with E-state index in [4.69, 9.17) is 9.40 Å². The number of hydrogen-bond donors (Lipinski definition) is 2. The van der Waals surface area contributed by atoms with Gasteiger partial charge in [0.15, 0.2) is 5.65 Å². The zero-order valence-corrected chi connectivity index (χ0v) is 16.7. The number of nitrogens with zero attached hydrogens (tertiary/aromatic N) is 4. The maximum atomic E-state index is 5.13. The lowest BCUT2D eigenvalue weighted by Gasteiger charge is -2.07. The molecule has 0 fully saturated rings. The van der Waals surface area contributed by atoms with Crippen molar-refractivity contribution in [3.8, 4) is 11.1 Å². The predicted molar refractivity (Wildman–Crippen MR) is 116 cm³/mol. The Bertz CT molecular complexity index is 1250. The summed E-state index contributed by atoms with van der Waals surface area (Å²) in [6.45, 7) is 0.712. The van der Waals surface area contributed by atoms with Gasteiger partial charge in [0.25, 0.3) is 0 Å². The van der Waals surface area contributed by atoms with Crippen LogP contribution in [-0.4, -0.2) is 24.7 Å². The molecule has 5 rings (SSSR count). The molecule has 0 unspecified atom stereocenters. The van der Waals surface area contributed by atoms with E-state index in [0.29, 0.717) is 6.54 Å². The third-order valence-electron chi connectivity index (χ3n) is 5.14. The van der Waals surface area contributed by atoms with Gasteiger partial charge in [0.2, 0.25) is 0 Å². The Kier molecular flexibility index (Phi) is 4.77. The average molecular weight is 398 g/mol. The molecule has 150 valence electrons. The normalized spacial score (nSPS) is 11.2. The topological polar surface area (TPSA) is 84.6 Å². The Balaban J connectivity index is 1.28. The number of aryl methyl sites for hydroxylation is 3. The first-order valence-corrected chi connectivity index (χ1v) is 9.91. The van der Waals surface area contributed by atoms with E-state index in [9.17, 15) is 0 Å². The summed E-state index contributed by atoms with van der Waals surface area (Å²) >= 11 is 0. The third kappa shape index (κ3) is 3.82. The third-order valence-corrected chi connectivity index (χ3v) is 5.14. The van der Waals surface area contributed by atoms with E-state index in [0.717, 1.165) is 52.2 Å². The van der Waals surface area contributed by atoms with Crippen LogP contribution in [0, 0.1) is 0 Å². The zero-order chi connectivity index (χ0) is 20.3. The second-order valence-corrected chi connectivity index (χ2v) is 7.32. The van der Waals surface area contributed by atoms with Crippen molar-refractivity contribution in [3.63, 3.8) is 0 Å². The second-order valence-electron chi connectivity index (χ2n) is 7.32. The lowest BCUT2D eigenvalue weighted by molar-refractivity contribution is 0.563. The van der Waals surface area contributed by atoms with Crippen molar-refractivity contribution in [2.75, 3.05) is 5.32 Å². The number of rotatable bonds is 7. The molecule has 0 saturated heterocycles. The van der Waals surface area contributed by atoms with Crippen molar-refractivity contribution in [1.29, 1.82) is 0 Å².